The number of nitrogens with zero attached hydrogens (tertiary/aromatic N) is 2. The number of carbonyl (C=O) groups is 1. The Balaban J connectivity index is 1.89. The summed E-state index contributed by atoms with van der Waals surface area (Å²) in [5.41, 5.74) is -0.0984. The number of esters is 1. The second-order valence-corrected chi connectivity index (χ2v) is 8.26. The highest BCUT2D eigenvalue weighted by molar-refractivity contribution is 14.1. The van der Waals surface area contributed by atoms with Crippen molar-refractivity contribution in [3.8, 4) is 0 Å². The van der Waals surface area contributed by atoms with Crippen LogP contribution >= 0.6 is 22.6 Å². The SMILES string of the molecule is COC(=O)c1c(I)c(C2CC(F)(F)C2)nn1CC1(C)CC(F)(F)C1. The first-order chi connectivity index (χ1) is 11.0. The largest absolute Gasteiger partial charge is 0.464 e. The molecule has 0 saturated heterocycles. The monoisotopic (exact) mass is 460 g/mol. The lowest BCUT2D eigenvalue weighted by molar-refractivity contribution is -0.160. The molecule has 2 aliphatic carbocycles. The van der Waals surface area contributed by atoms with Crippen LogP contribution in [0.25, 0.3) is 0 Å². The van der Waals surface area contributed by atoms with Crippen molar-refractivity contribution < 1.29 is 27.1 Å². The summed E-state index contributed by atoms with van der Waals surface area (Å²) in [6.07, 6.45) is -1.19. The van der Waals surface area contributed by atoms with E-state index in [0.29, 0.717) is 9.26 Å². The molecule has 0 unspecified atom stereocenters. The van der Waals surface area contributed by atoms with Crippen LogP contribution in [0.15, 0.2) is 0 Å². The highest BCUT2D eigenvalue weighted by Gasteiger charge is 2.54. The Morgan fingerprint density at radius 1 is 1.29 bits per heavy atom. The number of carbonyl (C=O) groups excluding carboxylic acids is 1. The lowest BCUT2D eigenvalue weighted by Gasteiger charge is -2.44. The average Bonchev–Trinajstić information content (AvgIpc) is 2.68. The molecule has 2 aliphatic rings. The number of alkyl halides is 4. The first-order valence-corrected chi connectivity index (χ1v) is 8.63. The van der Waals surface area contributed by atoms with Crippen LogP contribution in [0.5, 0.6) is 0 Å². The summed E-state index contributed by atoms with van der Waals surface area (Å²) in [7, 11) is 1.21. The molecule has 0 aromatic carbocycles. The highest BCUT2D eigenvalue weighted by atomic mass is 127. The summed E-state index contributed by atoms with van der Waals surface area (Å²) < 4.78 is 59.3. The minimum absolute atomic E-state index is 0.131. The van der Waals surface area contributed by atoms with Crippen LogP contribution < -0.4 is 0 Å². The molecule has 0 N–H and O–H groups in total. The van der Waals surface area contributed by atoms with Gasteiger partial charge in [0.1, 0.15) is 0 Å². The molecule has 1 aromatic rings. The van der Waals surface area contributed by atoms with Crippen molar-refractivity contribution >= 4 is 28.6 Å². The van der Waals surface area contributed by atoms with E-state index in [9.17, 15) is 22.4 Å². The van der Waals surface area contributed by atoms with Gasteiger partial charge in [-0.3, -0.25) is 4.68 Å². The summed E-state index contributed by atoms with van der Waals surface area (Å²) in [6, 6.07) is 0. The van der Waals surface area contributed by atoms with E-state index in [1.807, 2.05) is 22.6 Å². The molecule has 0 aliphatic heterocycles. The van der Waals surface area contributed by atoms with Crippen molar-refractivity contribution in [2.75, 3.05) is 7.11 Å². The Labute approximate surface area is 150 Å². The molecule has 24 heavy (non-hydrogen) atoms. The van der Waals surface area contributed by atoms with E-state index in [1.165, 1.54) is 11.8 Å². The Hall–Kier alpha value is -0.870. The molecule has 0 bridgehead atoms. The van der Waals surface area contributed by atoms with Crippen LogP contribution in [0, 0.1) is 8.99 Å². The molecule has 0 atom stereocenters. The maximum atomic E-state index is 13.2. The predicted molar refractivity (Wildman–Crippen MR) is 85.5 cm³/mol. The number of aromatic nitrogens is 2. The maximum Gasteiger partial charge on any atom is 0.357 e. The minimum atomic E-state index is -2.70. The van der Waals surface area contributed by atoms with Crippen LogP contribution in [0.3, 0.4) is 0 Å². The summed E-state index contributed by atoms with van der Waals surface area (Å²) in [5.74, 6) is -6.46. The smallest absolute Gasteiger partial charge is 0.357 e. The van der Waals surface area contributed by atoms with Gasteiger partial charge in [-0.1, -0.05) is 6.92 Å². The molecule has 9 heteroatoms. The number of hydrogen-bond acceptors (Lipinski definition) is 3. The van der Waals surface area contributed by atoms with Gasteiger partial charge in [-0.25, -0.2) is 22.4 Å². The number of ether oxygens (including phenoxy) is 1. The second-order valence-electron chi connectivity index (χ2n) is 7.18. The van der Waals surface area contributed by atoms with E-state index in [4.69, 9.17) is 4.74 Å². The molecule has 0 spiro atoms. The molecular weight excluding hydrogens is 443 g/mol. The van der Waals surface area contributed by atoms with Gasteiger partial charge in [0.2, 0.25) is 11.8 Å². The van der Waals surface area contributed by atoms with Gasteiger partial charge >= 0.3 is 5.97 Å². The first kappa shape index (κ1) is 17.9. The molecular formula is C15H17F4IN2O2. The number of methoxy groups -OCH3 is 1. The van der Waals surface area contributed by atoms with Gasteiger partial charge in [-0.15, -0.1) is 0 Å². The Bertz CT molecular complexity index is 673. The molecule has 134 valence electrons. The first-order valence-electron chi connectivity index (χ1n) is 7.55. The normalized spacial score (nSPS) is 24.1. The van der Waals surface area contributed by atoms with Crippen molar-refractivity contribution in [1.29, 1.82) is 0 Å². The van der Waals surface area contributed by atoms with Gasteiger partial charge in [0.25, 0.3) is 0 Å². The molecule has 2 saturated carbocycles. The Kier molecular flexibility index (Phi) is 4.16. The summed E-state index contributed by atoms with van der Waals surface area (Å²) in [6.45, 7) is 1.84. The van der Waals surface area contributed by atoms with E-state index in [-0.39, 0.29) is 37.9 Å². The second kappa shape index (κ2) is 5.57. The van der Waals surface area contributed by atoms with Crippen molar-refractivity contribution in [3.63, 3.8) is 0 Å². The zero-order chi connectivity index (χ0) is 17.9. The molecule has 0 amide bonds. The molecule has 3 rings (SSSR count). The van der Waals surface area contributed by atoms with Crippen LogP contribution in [0.1, 0.15) is 54.7 Å². The van der Waals surface area contributed by atoms with Gasteiger partial charge in [0, 0.05) is 38.1 Å². The zero-order valence-electron chi connectivity index (χ0n) is 13.2. The van der Waals surface area contributed by atoms with Crippen molar-refractivity contribution in [2.24, 2.45) is 5.41 Å². The van der Waals surface area contributed by atoms with Crippen molar-refractivity contribution in [1.82, 2.24) is 9.78 Å². The molecule has 0 radical (unpaired) electrons. The molecule has 2 fully saturated rings. The fourth-order valence-corrected chi connectivity index (χ4v) is 4.70. The van der Waals surface area contributed by atoms with E-state index in [1.54, 1.807) is 6.92 Å². The van der Waals surface area contributed by atoms with E-state index < -0.39 is 29.1 Å². The third kappa shape index (κ3) is 3.15. The van der Waals surface area contributed by atoms with Crippen molar-refractivity contribution in [2.45, 2.75) is 56.9 Å². The lowest BCUT2D eigenvalue weighted by Crippen LogP contribution is -2.47. The Morgan fingerprint density at radius 3 is 2.33 bits per heavy atom. The topological polar surface area (TPSA) is 44.1 Å². The molecule has 1 heterocycles. The lowest BCUT2D eigenvalue weighted by atomic mass is 9.67. The van der Waals surface area contributed by atoms with E-state index >= 15 is 0 Å². The summed E-state index contributed by atoms with van der Waals surface area (Å²) in [4.78, 5) is 12.1. The van der Waals surface area contributed by atoms with E-state index in [2.05, 4.69) is 5.10 Å². The third-order valence-corrected chi connectivity index (χ3v) is 5.74. The van der Waals surface area contributed by atoms with Crippen LogP contribution in [-0.4, -0.2) is 34.7 Å². The zero-order valence-corrected chi connectivity index (χ0v) is 15.4. The highest BCUT2D eigenvalue weighted by Crippen LogP contribution is 2.53. The van der Waals surface area contributed by atoms with Gasteiger partial charge in [-0.05, 0) is 28.0 Å². The van der Waals surface area contributed by atoms with Gasteiger partial charge < -0.3 is 4.74 Å². The third-order valence-electron chi connectivity index (χ3n) is 4.68. The maximum absolute atomic E-state index is 13.2. The molecule has 4 nitrogen and oxygen atoms in total. The fraction of sp³-hybridized carbons (Fsp3) is 0.733. The van der Waals surface area contributed by atoms with Crippen LogP contribution in [0.4, 0.5) is 17.6 Å². The van der Waals surface area contributed by atoms with Crippen molar-refractivity contribution in [3.05, 3.63) is 15.0 Å². The van der Waals surface area contributed by atoms with Gasteiger partial charge in [-0.2, -0.15) is 5.10 Å². The van der Waals surface area contributed by atoms with Crippen LogP contribution in [0.2, 0.25) is 0 Å². The van der Waals surface area contributed by atoms with Crippen LogP contribution in [-0.2, 0) is 11.3 Å². The molecule has 1 aromatic heterocycles. The number of halogens is 5. The summed E-state index contributed by atoms with van der Waals surface area (Å²) in [5, 5.41) is 4.31. The fourth-order valence-electron chi connectivity index (χ4n) is 3.65. The minimum Gasteiger partial charge on any atom is -0.464 e. The predicted octanol–water partition coefficient (Wildman–Crippen LogP) is 4.22. The van der Waals surface area contributed by atoms with Gasteiger partial charge in [0.05, 0.1) is 16.4 Å². The number of rotatable bonds is 4. The Morgan fingerprint density at radius 2 is 1.88 bits per heavy atom. The average molecular weight is 460 g/mol. The summed E-state index contributed by atoms with van der Waals surface area (Å²) >= 11 is 1.90. The van der Waals surface area contributed by atoms with E-state index in [0.717, 1.165) is 0 Å². The quantitative estimate of drug-likeness (QED) is 0.384. The number of hydrogen-bond donors (Lipinski definition) is 0. The van der Waals surface area contributed by atoms with Gasteiger partial charge in [0.15, 0.2) is 5.69 Å². The standard InChI is InChI=1S/C15H17F4IN2O2/c1-13(5-15(18,19)6-13)7-22-11(12(23)24-2)9(20)10(21-22)8-3-14(16,17)4-8/h8H,3-7H2,1-2H3.